The second-order valence-corrected chi connectivity index (χ2v) is 6.91. The van der Waals surface area contributed by atoms with E-state index in [-0.39, 0.29) is 5.54 Å². The molecule has 1 atom stereocenters. The van der Waals surface area contributed by atoms with E-state index < -0.39 is 0 Å². The van der Waals surface area contributed by atoms with Crippen molar-refractivity contribution in [1.29, 1.82) is 0 Å². The van der Waals surface area contributed by atoms with Crippen LogP contribution < -0.4 is 5.73 Å². The van der Waals surface area contributed by atoms with Crippen LogP contribution in [-0.2, 0) is 0 Å². The molecule has 0 aromatic carbocycles. The minimum absolute atomic E-state index is 0.274. The fraction of sp³-hybridized carbons (Fsp3) is 1.00. The number of likely N-dealkylation sites (tertiary alicyclic amines) is 2. The Bertz CT molecular complexity index is 282. The van der Waals surface area contributed by atoms with Gasteiger partial charge in [-0.15, -0.1) is 0 Å². The normalized spacial score (nSPS) is 29.5. The first-order valence-corrected chi connectivity index (χ1v) is 7.84. The third-order valence-electron chi connectivity index (χ3n) is 5.40. The van der Waals surface area contributed by atoms with Gasteiger partial charge in [0.2, 0.25) is 0 Å². The average Bonchev–Trinajstić information content (AvgIpc) is 2.89. The van der Waals surface area contributed by atoms with Gasteiger partial charge in [0.15, 0.2) is 0 Å². The summed E-state index contributed by atoms with van der Waals surface area (Å²) < 4.78 is 0. The molecule has 2 saturated heterocycles. The van der Waals surface area contributed by atoms with Gasteiger partial charge in [-0.1, -0.05) is 0 Å². The molecule has 4 nitrogen and oxygen atoms in total. The van der Waals surface area contributed by atoms with Crippen LogP contribution >= 0.6 is 0 Å². The maximum Gasteiger partial charge on any atom is 0.0356 e. The van der Waals surface area contributed by atoms with E-state index in [2.05, 4.69) is 42.6 Å². The molecule has 112 valence electrons. The highest BCUT2D eigenvalue weighted by atomic mass is 15.3. The molecule has 0 aromatic heterocycles. The second-order valence-electron chi connectivity index (χ2n) is 6.91. The lowest BCUT2D eigenvalue weighted by Crippen LogP contribution is -2.59. The fourth-order valence-corrected chi connectivity index (χ4v) is 3.70. The van der Waals surface area contributed by atoms with Crippen molar-refractivity contribution in [2.45, 2.75) is 50.7 Å². The van der Waals surface area contributed by atoms with Gasteiger partial charge in [0, 0.05) is 50.3 Å². The van der Waals surface area contributed by atoms with Gasteiger partial charge in [0.05, 0.1) is 0 Å². The number of hydrogen-bond acceptors (Lipinski definition) is 4. The number of nitrogens with two attached hydrogens (primary N) is 1. The third kappa shape index (κ3) is 3.13. The molecule has 2 aliphatic heterocycles. The van der Waals surface area contributed by atoms with Crippen molar-refractivity contribution in [2.24, 2.45) is 5.73 Å². The Morgan fingerprint density at radius 3 is 2.26 bits per heavy atom. The minimum Gasteiger partial charge on any atom is -0.329 e. The molecule has 2 heterocycles. The Morgan fingerprint density at radius 2 is 1.84 bits per heavy atom. The Hall–Kier alpha value is -0.160. The van der Waals surface area contributed by atoms with E-state index in [0.717, 1.165) is 6.54 Å². The molecule has 2 aliphatic rings. The molecule has 0 aliphatic carbocycles. The predicted molar refractivity (Wildman–Crippen MR) is 81.4 cm³/mol. The molecule has 2 N–H and O–H groups in total. The summed E-state index contributed by atoms with van der Waals surface area (Å²) in [4.78, 5) is 7.65. The van der Waals surface area contributed by atoms with Gasteiger partial charge in [0.25, 0.3) is 0 Å². The van der Waals surface area contributed by atoms with Crippen LogP contribution in [0.25, 0.3) is 0 Å². The highest BCUT2D eigenvalue weighted by Gasteiger charge is 2.42. The number of nitrogens with zero attached hydrogens (tertiary/aromatic N) is 3. The van der Waals surface area contributed by atoms with Crippen LogP contribution in [0.2, 0.25) is 0 Å². The van der Waals surface area contributed by atoms with Gasteiger partial charge in [-0.2, -0.15) is 0 Å². The number of rotatable bonds is 4. The summed E-state index contributed by atoms with van der Waals surface area (Å²) in [7, 11) is 4.40. The van der Waals surface area contributed by atoms with Crippen molar-refractivity contribution in [3.63, 3.8) is 0 Å². The standard InChI is InChI=1S/C15H32N4/c1-13(2)18-9-6-15(12-16,7-10-18)19-8-5-14(11-19)17(3)4/h13-14H,5-12,16H2,1-4H3. The molecule has 0 spiro atoms. The van der Waals surface area contributed by atoms with Crippen molar-refractivity contribution in [3.8, 4) is 0 Å². The summed E-state index contributed by atoms with van der Waals surface area (Å²) in [6, 6.07) is 1.38. The third-order valence-corrected chi connectivity index (χ3v) is 5.40. The topological polar surface area (TPSA) is 35.7 Å². The highest BCUT2D eigenvalue weighted by molar-refractivity contribution is 5.00. The highest BCUT2D eigenvalue weighted by Crippen LogP contribution is 2.32. The van der Waals surface area contributed by atoms with Crippen molar-refractivity contribution in [1.82, 2.24) is 14.7 Å². The summed E-state index contributed by atoms with van der Waals surface area (Å²) in [6.45, 7) is 10.3. The monoisotopic (exact) mass is 268 g/mol. The molecule has 0 amide bonds. The lowest BCUT2D eigenvalue weighted by Gasteiger charge is -2.48. The maximum absolute atomic E-state index is 6.19. The van der Waals surface area contributed by atoms with E-state index >= 15 is 0 Å². The Balaban J connectivity index is 1.97. The smallest absolute Gasteiger partial charge is 0.0356 e. The first-order chi connectivity index (χ1) is 8.98. The van der Waals surface area contributed by atoms with Crippen LogP contribution in [0.3, 0.4) is 0 Å². The summed E-state index contributed by atoms with van der Waals surface area (Å²) in [5.74, 6) is 0. The zero-order valence-corrected chi connectivity index (χ0v) is 13.2. The van der Waals surface area contributed by atoms with E-state index in [1.165, 1.54) is 45.4 Å². The quantitative estimate of drug-likeness (QED) is 0.819. The van der Waals surface area contributed by atoms with Gasteiger partial charge in [0.1, 0.15) is 0 Å². The predicted octanol–water partition coefficient (Wildman–Crippen LogP) is 0.824. The van der Waals surface area contributed by atoms with Crippen LogP contribution in [0.4, 0.5) is 0 Å². The number of hydrogen-bond donors (Lipinski definition) is 1. The van der Waals surface area contributed by atoms with E-state index in [9.17, 15) is 0 Å². The SMILES string of the molecule is CC(C)N1CCC(CN)(N2CCC(N(C)C)C2)CC1. The van der Waals surface area contributed by atoms with Gasteiger partial charge in [-0.3, -0.25) is 4.90 Å². The van der Waals surface area contributed by atoms with Gasteiger partial charge < -0.3 is 15.5 Å². The summed E-state index contributed by atoms with van der Waals surface area (Å²) >= 11 is 0. The molecule has 19 heavy (non-hydrogen) atoms. The van der Waals surface area contributed by atoms with E-state index in [4.69, 9.17) is 5.73 Å². The second kappa shape index (κ2) is 6.08. The van der Waals surface area contributed by atoms with Gasteiger partial charge in [-0.05, 0) is 47.2 Å². The molecular formula is C15H32N4. The van der Waals surface area contributed by atoms with Crippen molar-refractivity contribution in [3.05, 3.63) is 0 Å². The van der Waals surface area contributed by atoms with Crippen molar-refractivity contribution in [2.75, 3.05) is 46.8 Å². The molecule has 2 fully saturated rings. The van der Waals surface area contributed by atoms with Crippen LogP contribution in [0, 0.1) is 0 Å². The fourth-order valence-electron chi connectivity index (χ4n) is 3.70. The lowest BCUT2D eigenvalue weighted by atomic mass is 9.85. The van der Waals surface area contributed by atoms with Crippen LogP contribution in [0.1, 0.15) is 33.1 Å². The molecule has 0 aromatic rings. The zero-order chi connectivity index (χ0) is 14.0. The molecule has 0 saturated carbocycles. The Kier molecular flexibility index (Phi) is 4.88. The molecule has 0 radical (unpaired) electrons. The first kappa shape index (κ1) is 15.2. The minimum atomic E-state index is 0.274. The van der Waals surface area contributed by atoms with Crippen LogP contribution in [0.5, 0.6) is 0 Å². The Morgan fingerprint density at radius 1 is 1.21 bits per heavy atom. The largest absolute Gasteiger partial charge is 0.329 e. The zero-order valence-electron chi connectivity index (χ0n) is 13.2. The molecule has 2 rings (SSSR count). The summed E-state index contributed by atoms with van der Waals surface area (Å²) in [6.07, 6.45) is 3.77. The average molecular weight is 268 g/mol. The van der Waals surface area contributed by atoms with E-state index in [1.54, 1.807) is 0 Å². The van der Waals surface area contributed by atoms with E-state index in [0.29, 0.717) is 12.1 Å². The van der Waals surface area contributed by atoms with E-state index in [1.807, 2.05) is 0 Å². The lowest BCUT2D eigenvalue weighted by molar-refractivity contribution is 0.0294. The summed E-state index contributed by atoms with van der Waals surface area (Å²) in [5.41, 5.74) is 6.46. The van der Waals surface area contributed by atoms with Crippen molar-refractivity contribution >= 4 is 0 Å². The number of piperidine rings is 1. The molecule has 1 unspecified atom stereocenters. The molecule has 4 heteroatoms. The molecule has 0 bridgehead atoms. The van der Waals surface area contributed by atoms with Crippen LogP contribution in [0.15, 0.2) is 0 Å². The van der Waals surface area contributed by atoms with Crippen molar-refractivity contribution < 1.29 is 0 Å². The van der Waals surface area contributed by atoms with Crippen LogP contribution in [-0.4, -0.2) is 79.1 Å². The van der Waals surface area contributed by atoms with Gasteiger partial charge >= 0.3 is 0 Å². The van der Waals surface area contributed by atoms with Gasteiger partial charge in [-0.25, -0.2) is 0 Å². The Labute approximate surface area is 118 Å². The number of likely N-dealkylation sites (N-methyl/N-ethyl adjacent to an activating group) is 1. The first-order valence-electron chi connectivity index (χ1n) is 7.84. The summed E-state index contributed by atoms with van der Waals surface area (Å²) in [5, 5.41) is 0. The molecular weight excluding hydrogens is 236 g/mol. The maximum atomic E-state index is 6.19.